The van der Waals surface area contributed by atoms with Crippen LogP contribution in [0.5, 0.6) is 0 Å². The Morgan fingerprint density at radius 3 is 2.64 bits per heavy atom. The van der Waals surface area contributed by atoms with E-state index < -0.39 is 34.5 Å². The molecular weight excluding hydrogens is 382 g/mol. The van der Waals surface area contributed by atoms with Crippen LogP contribution in [0.3, 0.4) is 0 Å². The van der Waals surface area contributed by atoms with Gasteiger partial charge in [-0.25, -0.2) is 8.42 Å². The molecule has 0 saturated heterocycles. The Bertz CT molecular complexity index is 863. The first-order valence-corrected chi connectivity index (χ1v) is 10.7. The van der Waals surface area contributed by atoms with Gasteiger partial charge in [-0.3, -0.25) is 9.59 Å². The Balaban J connectivity index is 1.87. The molecule has 152 valence electrons. The molecule has 0 heterocycles. The van der Waals surface area contributed by atoms with Gasteiger partial charge < -0.3 is 10.1 Å². The number of carbonyl (C=O) groups is 2. The summed E-state index contributed by atoms with van der Waals surface area (Å²) in [7, 11) is -4.06. The third-order valence-electron chi connectivity index (χ3n) is 4.82. The highest BCUT2D eigenvalue weighted by molar-refractivity contribution is 7.89. The molecule has 1 aliphatic carbocycles. The number of benzene rings is 1. The minimum absolute atomic E-state index is 0.0299. The van der Waals surface area contributed by atoms with Gasteiger partial charge in [0.1, 0.15) is 12.6 Å². The maximum atomic E-state index is 12.3. The molecule has 0 unspecified atom stereocenters. The van der Waals surface area contributed by atoms with Crippen molar-refractivity contribution < 1.29 is 22.7 Å². The molecule has 0 spiro atoms. The Kier molecular flexibility index (Phi) is 7.54. The molecule has 0 radical (unpaired) electrons. The molecule has 1 amide bonds. The van der Waals surface area contributed by atoms with Crippen LogP contribution in [-0.4, -0.2) is 39.0 Å². The first-order chi connectivity index (χ1) is 13.2. The molecule has 3 atom stereocenters. The molecular formula is C19H25N3O5S. The maximum absolute atomic E-state index is 12.3. The normalized spacial score (nSPS) is 20.6. The molecule has 0 bridgehead atoms. The summed E-state index contributed by atoms with van der Waals surface area (Å²) in [6.45, 7) is 2.88. The monoisotopic (exact) mass is 407 g/mol. The number of hydrogen-bond donors (Lipinski definition) is 2. The lowest BCUT2D eigenvalue weighted by Crippen LogP contribution is -2.46. The number of nitrogens with zero attached hydrogens (tertiary/aromatic N) is 1. The van der Waals surface area contributed by atoms with E-state index in [0.717, 1.165) is 25.7 Å². The zero-order valence-electron chi connectivity index (χ0n) is 16.0. The van der Waals surface area contributed by atoms with Gasteiger partial charge in [0.2, 0.25) is 10.0 Å². The molecule has 1 aliphatic rings. The number of amides is 1. The van der Waals surface area contributed by atoms with Gasteiger partial charge in [-0.15, -0.1) is 0 Å². The second-order valence-corrected chi connectivity index (χ2v) is 8.68. The summed E-state index contributed by atoms with van der Waals surface area (Å²) < 4.78 is 31.7. The number of rotatable bonds is 7. The third kappa shape index (κ3) is 5.78. The number of hydrogen-bond acceptors (Lipinski definition) is 6. The number of sulfonamides is 1. The predicted octanol–water partition coefficient (Wildman–Crippen LogP) is 1.46. The van der Waals surface area contributed by atoms with E-state index in [1.54, 1.807) is 12.1 Å². The van der Waals surface area contributed by atoms with Crippen molar-refractivity contribution >= 4 is 21.9 Å². The standard InChI is InChI=1S/C19H25N3O5S/c1-13-7-3-5-9-16(13)22-19(24)14(2)27-18(23)12-21-28(25,26)17-10-6-4-8-15(17)11-20/h4,6,8,10,13-14,16,21H,3,5,7,9,12H2,1-2H3,(H,22,24)/t13-,14-,16-/m1/s1. The van der Waals surface area contributed by atoms with Crippen molar-refractivity contribution in [3.8, 4) is 6.07 Å². The van der Waals surface area contributed by atoms with Crippen LogP contribution in [0.2, 0.25) is 0 Å². The summed E-state index contributed by atoms with van der Waals surface area (Å²) in [6.07, 6.45) is 3.11. The van der Waals surface area contributed by atoms with Gasteiger partial charge in [0.25, 0.3) is 5.91 Å². The SMILES string of the molecule is C[C@@H]1CCCC[C@H]1NC(=O)[C@@H](C)OC(=O)CNS(=O)(=O)c1ccccc1C#N. The first kappa shape index (κ1) is 21.9. The molecule has 1 fully saturated rings. The van der Waals surface area contributed by atoms with Gasteiger partial charge in [0.05, 0.1) is 10.5 Å². The molecule has 0 aromatic heterocycles. The maximum Gasteiger partial charge on any atom is 0.321 e. The van der Waals surface area contributed by atoms with Gasteiger partial charge in [0.15, 0.2) is 6.10 Å². The fourth-order valence-corrected chi connectivity index (χ4v) is 4.27. The topological polar surface area (TPSA) is 125 Å². The molecule has 0 aliphatic heterocycles. The summed E-state index contributed by atoms with van der Waals surface area (Å²) >= 11 is 0. The average Bonchev–Trinajstić information content (AvgIpc) is 2.68. The van der Waals surface area contributed by atoms with Gasteiger partial charge >= 0.3 is 5.97 Å². The van der Waals surface area contributed by atoms with Crippen LogP contribution in [0.25, 0.3) is 0 Å². The molecule has 1 saturated carbocycles. The number of nitrogens with one attached hydrogen (secondary N) is 2. The number of esters is 1. The zero-order valence-corrected chi connectivity index (χ0v) is 16.8. The third-order valence-corrected chi connectivity index (χ3v) is 6.28. The second-order valence-electron chi connectivity index (χ2n) is 6.94. The van der Waals surface area contributed by atoms with Gasteiger partial charge in [-0.1, -0.05) is 31.9 Å². The van der Waals surface area contributed by atoms with Crippen molar-refractivity contribution in [2.45, 2.75) is 56.6 Å². The van der Waals surface area contributed by atoms with Crippen LogP contribution < -0.4 is 10.0 Å². The van der Waals surface area contributed by atoms with Crippen molar-refractivity contribution in [3.05, 3.63) is 29.8 Å². The van der Waals surface area contributed by atoms with Crippen LogP contribution in [-0.2, 0) is 24.3 Å². The van der Waals surface area contributed by atoms with E-state index in [4.69, 9.17) is 10.00 Å². The van der Waals surface area contributed by atoms with Crippen molar-refractivity contribution in [1.29, 1.82) is 5.26 Å². The predicted molar refractivity (Wildman–Crippen MR) is 101 cm³/mol. The largest absolute Gasteiger partial charge is 0.452 e. The van der Waals surface area contributed by atoms with Crippen LogP contribution in [0.15, 0.2) is 29.2 Å². The highest BCUT2D eigenvalue weighted by Crippen LogP contribution is 2.23. The lowest BCUT2D eigenvalue weighted by Gasteiger charge is -2.30. The zero-order chi connectivity index (χ0) is 20.7. The number of ether oxygens (including phenoxy) is 1. The molecule has 1 aromatic carbocycles. The highest BCUT2D eigenvalue weighted by atomic mass is 32.2. The minimum Gasteiger partial charge on any atom is -0.452 e. The molecule has 2 rings (SSSR count). The van der Waals surface area contributed by atoms with Crippen molar-refractivity contribution in [1.82, 2.24) is 10.0 Å². The van der Waals surface area contributed by atoms with Crippen molar-refractivity contribution in [3.63, 3.8) is 0 Å². The van der Waals surface area contributed by atoms with E-state index in [1.807, 2.05) is 0 Å². The van der Waals surface area contributed by atoms with Gasteiger partial charge in [-0.05, 0) is 37.8 Å². The second kappa shape index (κ2) is 9.66. The van der Waals surface area contributed by atoms with Crippen LogP contribution in [0.4, 0.5) is 0 Å². The van der Waals surface area contributed by atoms with E-state index in [9.17, 15) is 18.0 Å². The highest BCUT2D eigenvalue weighted by Gasteiger charge is 2.27. The molecule has 9 heteroatoms. The fourth-order valence-electron chi connectivity index (χ4n) is 3.15. The number of carbonyl (C=O) groups excluding carboxylic acids is 2. The molecule has 8 nitrogen and oxygen atoms in total. The van der Waals surface area contributed by atoms with Gasteiger partial charge in [0, 0.05) is 6.04 Å². The smallest absolute Gasteiger partial charge is 0.321 e. The van der Waals surface area contributed by atoms with E-state index in [1.165, 1.54) is 25.1 Å². The lowest BCUT2D eigenvalue weighted by atomic mass is 9.86. The number of nitriles is 1. The van der Waals surface area contributed by atoms with E-state index >= 15 is 0 Å². The lowest BCUT2D eigenvalue weighted by molar-refractivity contribution is -0.154. The summed E-state index contributed by atoms with van der Waals surface area (Å²) in [5.74, 6) is -0.908. The van der Waals surface area contributed by atoms with E-state index in [0.29, 0.717) is 5.92 Å². The quantitative estimate of drug-likeness (QED) is 0.659. The fraction of sp³-hybridized carbons (Fsp3) is 0.526. The Hall–Kier alpha value is -2.44. The summed E-state index contributed by atoms with van der Waals surface area (Å²) in [5, 5.41) is 11.9. The summed E-state index contributed by atoms with van der Waals surface area (Å²) in [5.41, 5.74) is -0.0299. The average molecular weight is 407 g/mol. The summed E-state index contributed by atoms with van der Waals surface area (Å²) in [4.78, 5) is 24.0. The van der Waals surface area contributed by atoms with Crippen molar-refractivity contribution in [2.24, 2.45) is 5.92 Å². The van der Waals surface area contributed by atoms with Crippen LogP contribution in [0, 0.1) is 17.2 Å². The van der Waals surface area contributed by atoms with E-state index in [2.05, 4.69) is 17.0 Å². The van der Waals surface area contributed by atoms with Gasteiger partial charge in [-0.2, -0.15) is 9.98 Å². The van der Waals surface area contributed by atoms with Crippen molar-refractivity contribution in [2.75, 3.05) is 6.54 Å². The van der Waals surface area contributed by atoms with Crippen LogP contribution in [0.1, 0.15) is 45.1 Å². The molecule has 2 N–H and O–H groups in total. The minimum atomic E-state index is -4.06. The Morgan fingerprint density at radius 1 is 1.29 bits per heavy atom. The first-order valence-electron chi connectivity index (χ1n) is 9.23. The summed E-state index contributed by atoms with van der Waals surface area (Å²) in [6, 6.07) is 7.51. The Morgan fingerprint density at radius 2 is 1.96 bits per heavy atom. The van der Waals surface area contributed by atoms with E-state index in [-0.39, 0.29) is 16.5 Å². The molecule has 1 aromatic rings. The van der Waals surface area contributed by atoms with Crippen LogP contribution >= 0.6 is 0 Å². The molecule has 28 heavy (non-hydrogen) atoms. The Labute approximate surface area is 165 Å².